The van der Waals surface area contributed by atoms with E-state index in [1.54, 1.807) is 34.9 Å². The van der Waals surface area contributed by atoms with Crippen LogP contribution >= 0.6 is 22.7 Å². The van der Waals surface area contributed by atoms with E-state index in [2.05, 4.69) is 20.9 Å². The fourth-order valence-corrected chi connectivity index (χ4v) is 3.62. The van der Waals surface area contributed by atoms with E-state index in [1.165, 1.54) is 18.4 Å². The van der Waals surface area contributed by atoms with Gasteiger partial charge in [-0.15, -0.1) is 22.7 Å². The van der Waals surface area contributed by atoms with Gasteiger partial charge in [-0.1, -0.05) is 18.2 Å². The Hall–Kier alpha value is -2.91. The third-order valence-corrected chi connectivity index (χ3v) is 5.19. The third-order valence-electron chi connectivity index (χ3n) is 3.51. The molecule has 0 spiro atoms. The van der Waals surface area contributed by atoms with E-state index in [9.17, 15) is 9.59 Å². The Morgan fingerprint density at radius 1 is 1.11 bits per heavy atom. The predicted octanol–water partition coefficient (Wildman–Crippen LogP) is 3.72. The summed E-state index contributed by atoms with van der Waals surface area (Å²) < 4.78 is 5.19. The highest BCUT2D eigenvalue weighted by atomic mass is 32.1. The summed E-state index contributed by atoms with van der Waals surface area (Å²) in [5.74, 6) is 0.452. The predicted molar refractivity (Wildman–Crippen MR) is 108 cm³/mol. The lowest BCUT2D eigenvalue weighted by atomic mass is 10.3. The molecule has 0 saturated carbocycles. The summed E-state index contributed by atoms with van der Waals surface area (Å²) in [6, 6.07) is 10.6. The van der Waals surface area contributed by atoms with E-state index >= 15 is 0 Å². The minimum absolute atomic E-state index is 0.112. The van der Waals surface area contributed by atoms with Crippen molar-refractivity contribution in [1.82, 2.24) is 10.3 Å². The van der Waals surface area contributed by atoms with Crippen molar-refractivity contribution in [2.24, 2.45) is 0 Å². The van der Waals surface area contributed by atoms with Crippen molar-refractivity contribution in [1.29, 1.82) is 0 Å². The second-order valence-corrected chi connectivity index (χ2v) is 7.35. The molecule has 0 saturated heterocycles. The highest BCUT2D eigenvalue weighted by Crippen LogP contribution is 2.23. The summed E-state index contributed by atoms with van der Waals surface area (Å²) in [4.78, 5) is 29.5. The van der Waals surface area contributed by atoms with Crippen LogP contribution in [0.2, 0.25) is 0 Å². The van der Waals surface area contributed by atoms with Gasteiger partial charge in [0.1, 0.15) is 5.75 Å². The number of hydrogen-bond donors (Lipinski definition) is 3. The van der Waals surface area contributed by atoms with Crippen molar-refractivity contribution in [3.8, 4) is 5.75 Å². The first-order chi connectivity index (χ1) is 13.1. The van der Waals surface area contributed by atoms with Crippen LogP contribution in [0.3, 0.4) is 0 Å². The van der Waals surface area contributed by atoms with Crippen LogP contribution in [0, 0.1) is 0 Å². The number of methoxy groups -OCH3 is 1. The number of para-hydroxylation sites is 2. The maximum Gasteiger partial charge on any atom is 0.325 e. The summed E-state index contributed by atoms with van der Waals surface area (Å²) in [5.41, 5.74) is 1.17. The number of carbonyl (C=O) groups excluding carboxylic acids is 2. The Morgan fingerprint density at radius 2 is 1.96 bits per heavy atom. The monoisotopic (exact) mass is 402 g/mol. The van der Waals surface area contributed by atoms with Crippen molar-refractivity contribution in [3.63, 3.8) is 0 Å². The lowest BCUT2D eigenvalue weighted by Crippen LogP contribution is -2.24. The number of urea groups is 1. The minimum atomic E-state index is -0.428. The number of hydrogen-bond acceptors (Lipinski definition) is 6. The molecule has 0 aliphatic carbocycles. The van der Waals surface area contributed by atoms with E-state index in [1.807, 2.05) is 23.6 Å². The molecule has 2 heterocycles. The van der Waals surface area contributed by atoms with Crippen LogP contribution in [0.4, 0.5) is 15.6 Å². The number of nitrogens with zero attached hydrogens (tertiary/aromatic N) is 1. The van der Waals surface area contributed by atoms with Gasteiger partial charge in [0.2, 0.25) is 5.91 Å². The van der Waals surface area contributed by atoms with Gasteiger partial charge < -0.3 is 15.4 Å². The number of nitrogens with one attached hydrogen (secondary N) is 3. The second-order valence-electron chi connectivity index (χ2n) is 5.46. The van der Waals surface area contributed by atoms with Crippen LogP contribution in [0.1, 0.15) is 10.6 Å². The summed E-state index contributed by atoms with van der Waals surface area (Å²) in [6.45, 7) is 0.507. The molecule has 0 aliphatic heterocycles. The number of ether oxygens (including phenoxy) is 1. The van der Waals surface area contributed by atoms with Crippen LogP contribution in [-0.2, 0) is 17.8 Å². The average Bonchev–Trinajstić information content (AvgIpc) is 3.32. The van der Waals surface area contributed by atoms with Gasteiger partial charge in [-0.2, -0.15) is 0 Å². The standard InChI is InChI=1S/C18H18N4O3S2/c1-25-15-7-3-2-6-14(15)21-17(24)22-18-20-12(11-27-18)9-16(23)19-10-13-5-4-8-26-13/h2-8,11H,9-10H2,1H3,(H,19,23)(H2,20,21,22,24). The molecule has 7 nitrogen and oxygen atoms in total. The molecular formula is C18H18N4O3S2. The van der Waals surface area contributed by atoms with Gasteiger partial charge in [0.05, 0.1) is 31.5 Å². The lowest BCUT2D eigenvalue weighted by molar-refractivity contribution is -0.120. The molecular weight excluding hydrogens is 384 g/mol. The summed E-state index contributed by atoms with van der Waals surface area (Å²) in [6.07, 6.45) is 0.164. The Labute approximate surface area is 164 Å². The molecule has 140 valence electrons. The SMILES string of the molecule is COc1ccccc1NC(=O)Nc1nc(CC(=O)NCc2cccs2)cs1. The largest absolute Gasteiger partial charge is 0.495 e. The van der Waals surface area contributed by atoms with Crippen molar-refractivity contribution in [3.05, 3.63) is 57.7 Å². The fourth-order valence-electron chi connectivity index (χ4n) is 2.27. The smallest absolute Gasteiger partial charge is 0.325 e. The van der Waals surface area contributed by atoms with E-state index < -0.39 is 6.03 Å². The van der Waals surface area contributed by atoms with Gasteiger partial charge in [-0.25, -0.2) is 9.78 Å². The number of thiazole rings is 1. The van der Waals surface area contributed by atoms with Crippen LogP contribution in [0.25, 0.3) is 0 Å². The second kappa shape index (κ2) is 9.15. The molecule has 0 atom stereocenters. The van der Waals surface area contributed by atoms with Crippen molar-refractivity contribution in [2.45, 2.75) is 13.0 Å². The highest BCUT2D eigenvalue weighted by molar-refractivity contribution is 7.14. The first kappa shape index (κ1) is 18.9. The first-order valence-corrected chi connectivity index (χ1v) is 9.84. The number of benzene rings is 1. The molecule has 27 heavy (non-hydrogen) atoms. The third kappa shape index (κ3) is 5.53. The molecule has 0 radical (unpaired) electrons. The van der Waals surface area contributed by atoms with E-state index in [4.69, 9.17) is 4.74 Å². The zero-order valence-electron chi connectivity index (χ0n) is 14.5. The molecule has 0 aliphatic rings. The zero-order chi connectivity index (χ0) is 19.1. The van der Waals surface area contributed by atoms with Gasteiger partial charge in [-0.05, 0) is 23.6 Å². The van der Waals surface area contributed by atoms with E-state index in [0.29, 0.717) is 28.8 Å². The molecule has 0 bridgehead atoms. The highest BCUT2D eigenvalue weighted by Gasteiger charge is 2.11. The first-order valence-electron chi connectivity index (χ1n) is 8.08. The number of amides is 3. The Kier molecular flexibility index (Phi) is 6.39. The van der Waals surface area contributed by atoms with E-state index in [0.717, 1.165) is 4.88 Å². The molecule has 1 aromatic carbocycles. The minimum Gasteiger partial charge on any atom is -0.495 e. The number of thiophene rings is 1. The van der Waals surface area contributed by atoms with Gasteiger partial charge in [0, 0.05) is 10.3 Å². The summed E-state index contributed by atoms with van der Waals surface area (Å²) in [7, 11) is 1.54. The number of aromatic nitrogens is 1. The maximum absolute atomic E-state index is 12.1. The van der Waals surface area contributed by atoms with Crippen LogP contribution < -0.4 is 20.7 Å². The Morgan fingerprint density at radius 3 is 2.74 bits per heavy atom. The summed E-state index contributed by atoms with van der Waals surface area (Å²) in [5, 5.41) is 12.4. The molecule has 9 heteroatoms. The van der Waals surface area contributed by atoms with Crippen molar-refractivity contribution >= 4 is 45.4 Å². The Balaban J connectivity index is 1.49. The molecule has 0 unspecified atom stereocenters. The van der Waals surface area contributed by atoms with Crippen LogP contribution in [0.15, 0.2) is 47.2 Å². The molecule has 3 amide bonds. The molecule has 3 aromatic rings. The topological polar surface area (TPSA) is 92.3 Å². The van der Waals surface area contributed by atoms with Gasteiger partial charge in [-0.3, -0.25) is 10.1 Å². The maximum atomic E-state index is 12.1. The molecule has 3 N–H and O–H groups in total. The number of anilines is 2. The van der Waals surface area contributed by atoms with Gasteiger partial charge in [0.15, 0.2) is 5.13 Å². The summed E-state index contributed by atoms with van der Waals surface area (Å²) >= 11 is 2.86. The van der Waals surface area contributed by atoms with Gasteiger partial charge >= 0.3 is 6.03 Å². The van der Waals surface area contributed by atoms with Crippen LogP contribution in [0.5, 0.6) is 5.75 Å². The fraction of sp³-hybridized carbons (Fsp3) is 0.167. The molecule has 2 aromatic heterocycles. The van der Waals surface area contributed by atoms with Crippen molar-refractivity contribution < 1.29 is 14.3 Å². The quantitative estimate of drug-likeness (QED) is 0.562. The Bertz CT molecular complexity index is 909. The zero-order valence-corrected chi connectivity index (χ0v) is 16.2. The van der Waals surface area contributed by atoms with Crippen LogP contribution in [-0.4, -0.2) is 24.0 Å². The van der Waals surface area contributed by atoms with E-state index in [-0.39, 0.29) is 12.3 Å². The number of rotatable bonds is 7. The number of carbonyl (C=O) groups is 2. The lowest BCUT2D eigenvalue weighted by Gasteiger charge is -2.09. The van der Waals surface area contributed by atoms with Gasteiger partial charge in [0.25, 0.3) is 0 Å². The normalized spacial score (nSPS) is 10.3. The average molecular weight is 403 g/mol. The molecule has 0 fully saturated rings. The van der Waals surface area contributed by atoms with Crippen molar-refractivity contribution in [2.75, 3.05) is 17.7 Å². The molecule has 3 rings (SSSR count).